The lowest BCUT2D eigenvalue weighted by Gasteiger charge is -2.26. The van der Waals surface area contributed by atoms with Crippen molar-refractivity contribution in [3.63, 3.8) is 0 Å². The molecule has 1 aliphatic heterocycles. The Labute approximate surface area is 114 Å². The molecule has 1 saturated heterocycles. The number of hydrogen-bond acceptors (Lipinski definition) is 3. The molecule has 1 aromatic heterocycles. The summed E-state index contributed by atoms with van der Waals surface area (Å²) in [6.07, 6.45) is 3.01. The molecule has 104 valence electrons. The van der Waals surface area contributed by atoms with E-state index in [9.17, 15) is 14.0 Å². The highest BCUT2D eigenvalue weighted by Gasteiger charge is 2.22. The highest BCUT2D eigenvalue weighted by atomic mass is 19.1. The minimum atomic E-state index is -0.710. The largest absolute Gasteiger partial charge is 0.422 e. The Kier molecular flexibility index (Phi) is 3.26. The van der Waals surface area contributed by atoms with E-state index in [2.05, 4.69) is 0 Å². The third-order valence-electron chi connectivity index (χ3n) is 3.57. The Balaban J connectivity index is 2.02. The molecular weight excluding hydrogens is 261 g/mol. The van der Waals surface area contributed by atoms with Gasteiger partial charge in [0.2, 0.25) is 0 Å². The minimum Gasteiger partial charge on any atom is -0.422 e. The fourth-order valence-corrected chi connectivity index (χ4v) is 2.50. The molecule has 1 fully saturated rings. The Morgan fingerprint density at radius 1 is 1.15 bits per heavy atom. The third kappa shape index (κ3) is 2.31. The molecule has 0 bridgehead atoms. The van der Waals surface area contributed by atoms with Crippen molar-refractivity contribution in [2.45, 2.75) is 19.3 Å². The lowest BCUT2D eigenvalue weighted by atomic mass is 10.1. The molecule has 5 heteroatoms. The zero-order chi connectivity index (χ0) is 14.1. The predicted octanol–water partition coefficient (Wildman–Crippen LogP) is 2.56. The van der Waals surface area contributed by atoms with E-state index in [-0.39, 0.29) is 17.1 Å². The number of carbonyl (C=O) groups is 1. The summed E-state index contributed by atoms with van der Waals surface area (Å²) in [5.41, 5.74) is -0.533. The van der Waals surface area contributed by atoms with E-state index in [1.807, 2.05) is 0 Å². The first-order chi connectivity index (χ1) is 9.65. The van der Waals surface area contributed by atoms with Crippen molar-refractivity contribution in [3.8, 4) is 0 Å². The van der Waals surface area contributed by atoms with Crippen LogP contribution in [0, 0.1) is 5.82 Å². The fraction of sp³-hybridized carbons (Fsp3) is 0.333. The van der Waals surface area contributed by atoms with Crippen molar-refractivity contribution < 1.29 is 13.6 Å². The molecule has 0 radical (unpaired) electrons. The van der Waals surface area contributed by atoms with E-state index in [0.29, 0.717) is 18.5 Å². The molecule has 0 unspecified atom stereocenters. The summed E-state index contributed by atoms with van der Waals surface area (Å²) < 4.78 is 18.1. The van der Waals surface area contributed by atoms with E-state index in [1.165, 1.54) is 18.2 Å². The lowest BCUT2D eigenvalue weighted by molar-refractivity contribution is 0.0720. The standard InChI is InChI=1S/C15H14FNO3/c16-11-5-4-10-8-12(15(19)20-13(10)9-11)14(18)17-6-2-1-3-7-17/h4-5,8-9H,1-3,6-7H2. The van der Waals surface area contributed by atoms with Gasteiger partial charge in [-0.1, -0.05) is 0 Å². The molecule has 4 nitrogen and oxygen atoms in total. The molecule has 2 heterocycles. The maximum absolute atomic E-state index is 13.1. The number of benzene rings is 1. The molecule has 1 aliphatic rings. The topological polar surface area (TPSA) is 50.5 Å². The Bertz CT molecular complexity index is 717. The van der Waals surface area contributed by atoms with Gasteiger partial charge in [0.15, 0.2) is 0 Å². The van der Waals surface area contributed by atoms with E-state index in [1.54, 1.807) is 4.90 Å². The molecule has 20 heavy (non-hydrogen) atoms. The van der Waals surface area contributed by atoms with Gasteiger partial charge in [-0.15, -0.1) is 0 Å². The SMILES string of the molecule is O=C(c1cc2ccc(F)cc2oc1=O)N1CCCCC1. The van der Waals surface area contributed by atoms with E-state index in [0.717, 1.165) is 25.3 Å². The number of fused-ring (bicyclic) bond motifs is 1. The van der Waals surface area contributed by atoms with Gasteiger partial charge in [0.05, 0.1) is 0 Å². The summed E-state index contributed by atoms with van der Waals surface area (Å²) in [5.74, 6) is -0.777. The Hall–Kier alpha value is -2.17. The summed E-state index contributed by atoms with van der Waals surface area (Å²) in [4.78, 5) is 25.9. The quantitative estimate of drug-likeness (QED) is 0.751. The zero-order valence-corrected chi connectivity index (χ0v) is 10.9. The van der Waals surface area contributed by atoms with E-state index < -0.39 is 11.4 Å². The van der Waals surface area contributed by atoms with Crippen molar-refractivity contribution >= 4 is 16.9 Å². The number of amides is 1. The first kappa shape index (κ1) is 12.8. The summed E-state index contributed by atoms with van der Waals surface area (Å²) >= 11 is 0. The van der Waals surface area contributed by atoms with Crippen LogP contribution in [0.15, 0.2) is 33.5 Å². The highest BCUT2D eigenvalue weighted by Crippen LogP contribution is 2.17. The Morgan fingerprint density at radius 3 is 2.65 bits per heavy atom. The molecule has 1 amide bonds. The summed E-state index contributed by atoms with van der Waals surface area (Å²) in [7, 11) is 0. The predicted molar refractivity (Wildman–Crippen MR) is 72.2 cm³/mol. The second-order valence-corrected chi connectivity index (χ2v) is 4.98. The molecule has 0 saturated carbocycles. The lowest BCUT2D eigenvalue weighted by Crippen LogP contribution is -2.37. The number of likely N-dealkylation sites (tertiary alicyclic amines) is 1. The van der Waals surface area contributed by atoms with Crippen LogP contribution in [0.25, 0.3) is 11.0 Å². The Morgan fingerprint density at radius 2 is 1.90 bits per heavy atom. The first-order valence-electron chi connectivity index (χ1n) is 6.68. The van der Waals surface area contributed by atoms with Gasteiger partial charge < -0.3 is 9.32 Å². The van der Waals surface area contributed by atoms with Gasteiger partial charge in [0.1, 0.15) is 17.0 Å². The number of nitrogens with zero attached hydrogens (tertiary/aromatic N) is 1. The number of hydrogen-bond donors (Lipinski definition) is 0. The molecule has 2 aromatic rings. The zero-order valence-electron chi connectivity index (χ0n) is 10.9. The number of halogens is 1. The number of piperidine rings is 1. The maximum Gasteiger partial charge on any atom is 0.349 e. The summed E-state index contributed by atoms with van der Waals surface area (Å²) in [5, 5.41) is 0.548. The van der Waals surface area contributed by atoms with Crippen LogP contribution in [0.1, 0.15) is 29.6 Å². The monoisotopic (exact) mass is 275 g/mol. The molecule has 3 rings (SSSR count). The molecule has 0 aliphatic carbocycles. The van der Waals surface area contributed by atoms with Gasteiger partial charge in [0.25, 0.3) is 5.91 Å². The van der Waals surface area contributed by atoms with Gasteiger partial charge in [-0.2, -0.15) is 0 Å². The fourth-order valence-electron chi connectivity index (χ4n) is 2.50. The van der Waals surface area contributed by atoms with Crippen molar-refractivity contribution in [2.75, 3.05) is 13.1 Å². The second-order valence-electron chi connectivity index (χ2n) is 4.98. The highest BCUT2D eigenvalue weighted by molar-refractivity contribution is 5.96. The molecular formula is C15H14FNO3. The van der Waals surface area contributed by atoms with Gasteiger partial charge in [-0.3, -0.25) is 4.79 Å². The normalized spacial score (nSPS) is 15.6. The van der Waals surface area contributed by atoms with Crippen LogP contribution in [0.4, 0.5) is 4.39 Å². The minimum absolute atomic E-state index is 0.0195. The van der Waals surface area contributed by atoms with Crippen LogP contribution in [0.2, 0.25) is 0 Å². The number of carbonyl (C=O) groups excluding carboxylic acids is 1. The first-order valence-corrected chi connectivity index (χ1v) is 6.68. The van der Waals surface area contributed by atoms with Crippen LogP contribution in [-0.2, 0) is 0 Å². The van der Waals surface area contributed by atoms with Crippen LogP contribution >= 0.6 is 0 Å². The average molecular weight is 275 g/mol. The van der Waals surface area contributed by atoms with Crippen LogP contribution in [0.3, 0.4) is 0 Å². The van der Waals surface area contributed by atoms with Crippen LogP contribution in [0.5, 0.6) is 0 Å². The second kappa shape index (κ2) is 5.07. The van der Waals surface area contributed by atoms with Crippen LogP contribution < -0.4 is 5.63 Å². The van der Waals surface area contributed by atoms with Crippen molar-refractivity contribution in [3.05, 3.63) is 46.1 Å². The smallest absolute Gasteiger partial charge is 0.349 e. The molecule has 0 N–H and O–H groups in total. The summed E-state index contributed by atoms with van der Waals surface area (Å²) in [6, 6.07) is 5.40. The van der Waals surface area contributed by atoms with Crippen molar-refractivity contribution in [1.82, 2.24) is 4.90 Å². The molecule has 1 aromatic carbocycles. The van der Waals surface area contributed by atoms with Crippen molar-refractivity contribution in [1.29, 1.82) is 0 Å². The van der Waals surface area contributed by atoms with E-state index in [4.69, 9.17) is 4.42 Å². The van der Waals surface area contributed by atoms with Crippen molar-refractivity contribution in [2.24, 2.45) is 0 Å². The molecule has 0 atom stereocenters. The number of rotatable bonds is 1. The van der Waals surface area contributed by atoms with Gasteiger partial charge in [-0.25, -0.2) is 9.18 Å². The molecule has 0 spiro atoms. The van der Waals surface area contributed by atoms with Crippen LogP contribution in [-0.4, -0.2) is 23.9 Å². The maximum atomic E-state index is 13.1. The van der Waals surface area contributed by atoms with Gasteiger partial charge >= 0.3 is 5.63 Å². The third-order valence-corrected chi connectivity index (χ3v) is 3.57. The van der Waals surface area contributed by atoms with E-state index >= 15 is 0 Å². The average Bonchev–Trinajstić information content (AvgIpc) is 2.46. The van der Waals surface area contributed by atoms with Gasteiger partial charge in [-0.05, 0) is 37.5 Å². The summed E-state index contributed by atoms with van der Waals surface area (Å²) in [6.45, 7) is 1.33. The van der Waals surface area contributed by atoms with Gasteiger partial charge in [0, 0.05) is 24.5 Å².